The van der Waals surface area contributed by atoms with E-state index >= 15 is 0 Å². The number of carboxylic acid groups (broad SMARTS) is 1. The lowest BCUT2D eigenvalue weighted by Crippen LogP contribution is -2.46. The Labute approximate surface area is 104 Å². The molecule has 0 aromatic carbocycles. The Kier molecular flexibility index (Phi) is 3.48. The second-order valence-corrected chi connectivity index (χ2v) is 6.86. The molecule has 2 fully saturated rings. The summed E-state index contributed by atoms with van der Waals surface area (Å²) in [4.78, 5) is 13.2. The molecule has 17 heavy (non-hydrogen) atoms. The summed E-state index contributed by atoms with van der Waals surface area (Å²) in [6.45, 7) is 7.18. The molecule has 1 N–H and O–H groups in total. The van der Waals surface area contributed by atoms with Gasteiger partial charge in [-0.05, 0) is 43.4 Å². The standard InChI is InChI=1S/C14H25NO2/c1-10-6-12(8-14(2,3)7-10)15(9-13(16)17)11-4-5-11/h10-12H,4-9H2,1-3H3,(H,16,17). The number of nitrogens with zero attached hydrogens (tertiary/aromatic N) is 1. The van der Waals surface area contributed by atoms with Gasteiger partial charge in [-0.1, -0.05) is 20.8 Å². The zero-order valence-corrected chi connectivity index (χ0v) is 11.3. The molecule has 0 saturated heterocycles. The van der Waals surface area contributed by atoms with E-state index in [1.807, 2.05) is 0 Å². The third-order valence-electron chi connectivity index (χ3n) is 4.17. The molecule has 3 heteroatoms. The van der Waals surface area contributed by atoms with Crippen LogP contribution in [0, 0.1) is 11.3 Å². The Morgan fingerprint density at radius 3 is 2.41 bits per heavy atom. The van der Waals surface area contributed by atoms with Crippen molar-refractivity contribution in [3.05, 3.63) is 0 Å². The Balaban J connectivity index is 2.04. The maximum atomic E-state index is 11.0. The highest BCUT2D eigenvalue weighted by Crippen LogP contribution is 2.42. The molecule has 0 bridgehead atoms. The lowest BCUT2D eigenvalue weighted by Gasteiger charge is -2.43. The summed E-state index contributed by atoms with van der Waals surface area (Å²) >= 11 is 0. The second-order valence-electron chi connectivity index (χ2n) is 6.86. The van der Waals surface area contributed by atoms with E-state index in [0.717, 1.165) is 12.3 Å². The van der Waals surface area contributed by atoms with Gasteiger partial charge in [0.05, 0.1) is 6.54 Å². The molecule has 0 aromatic heterocycles. The Hall–Kier alpha value is -0.570. The van der Waals surface area contributed by atoms with Crippen LogP contribution in [0.1, 0.15) is 52.9 Å². The van der Waals surface area contributed by atoms with Crippen LogP contribution in [0.15, 0.2) is 0 Å². The summed E-state index contributed by atoms with van der Waals surface area (Å²) in [5.74, 6) is 0.0479. The SMILES string of the molecule is CC1CC(N(CC(=O)O)C2CC2)CC(C)(C)C1. The van der Waals surface area contributed by atoms with Crippen molar-refractivity contribution >= 4 is 5.97 Å². The summed E-state index contributed by atoms with van der Waals surface area (Å²) in [5, 5.41) is 9.05. The van der Waals surface area contributed by atoms with Crippen molar-refractivity contribution in [3.8, 4) is 0 Å². The van der Waals surface area contributed by atoms with Crippen molar-refractivity contribution in [1.29, 1.82) is 0 Å². The Morgan fingerprint density at radius 1 is 1.29 bits per heavy atom. The summed E-state index contributed by atoms with van der Waals surface area (Å²) in [6.07, 6.45) is 5.99. The summed E-state index contributed by atoms with van der Waals surface area (Å²) in [5.41, 5.74) is 0.369. The molecule has 2 saturated carbocycles. The summed E-state index contributed by atoms with van der Waals surface area (Å²) in [6, 6.07) is 1.04. The molecule has 2 aliphatic rings. The van der Waals surface area contributed by atoms with Crippen LogP contribution in [0.4, 0.5) is 0 Å². The number of carboxylic acids is 1. The van der Waals surface area contributed by atoms with E-state index in [9.17, 15) is 4.79 Å². The zero-order chi connectivity index (χ0) is 12.6. The van der Waals surface area contributed by atoms with E-state index < -0.39 is 5.97 Å². The highest BCUT2D eigenvalue weighted by atomic mass is 16.4. The van der Waals surface area contributed by atoms with Crippen LogP contribution in [0.25, 0.3) is 0 Å². The fourth-order valence-electron chi connectivity index (χ4n) is 3.67. The minimum absolute atomic E-state index is 0.234. The minimum Gasteiger partial charge on any atom is -0.480 e. The maximum absolute atomic E-state index is 11.0. The largest absolute Gasteiger partial charge is 0.480 e. The van der Waals surface area contributed by atoms with Crippen LogP contribution in [0.5, 0.6) is 0 Å². The van der Waals surface area contributed by atoms with Crippen LogP contribution in [-0.4, -0.2) is 34.6 Å². The van der Waals surface area contributed by atoms with E-state index in [0.29, 0.717) is 17.5 Å². The number of carbonyl (C=O) groups is 1. The van der Waals surface area contributed by atoms with E-state index in [1.165, 1.54) is 25.7 Å². The smallest absolute Gasteiger partial charge is 0.317 e. The first-order valence-electron chi connectivity index (χ1n) is 6.85. The van der Waals surface area contributed by atoms with Crippen LogP contribution < -0.4 is 0 Å². The van der Waals surface area contributed by atoms with Crippen LogP contribution >= 0.6 is 0 Å². The molecule has 2 aliphatic carbocycles. The molecule has 2 rings (SSSR count). The van der Waals surface area contributed by atoms with E-state index in [4.69, 9.17) is 5.11 Å². The molecule has 0 aromatic rings. The molecule has 98 valence electrons. The maximum Gasteiger partial charge on any atom is 0.317 e. The normalized spacial score (nSPS) is 32.7. The first kappa shape index (κ1) is 12.9. The van der Waals surface area contributed by atoms with Gasteiger partial charge in [0.15, 0.2) is 0 Å². The van der Waals surface area contributed by atoms with Crippen molar-refractivity contribution < 1.29 is 9.90 Å². The van der Waals surface area contributed by atoms with Crippen LogP contribution in [-0.2, 0) is 4.79 Å². The van der Waals surface area contributed by atoms with Gasteiger partial charge in [-0.3, -0.25) is 9.69 Å². The molecule has 0 spiro atoms. The van der Waals surface area contributed by atoms with E-state index in [1.54, 1.807) is 0 Å². The molecule has 0 amide bonds. The van der Waals surface area contributed by atoms with Gasteiger partial charge < -0.3 is 5.11 Å². The van der Waals surface area contributed by atoms with Gasteiger partial charge in [-0.2, -0.15) is 0 Å². The van der Waals surface area contributed by atoms with Gasteiger partial charge in [0.2, 0.25) is 0 Å². The van der Waals surface area contributed by atoms with Gasteiger partial charge in [0.25, 0.3) is 0 Å². The predicted molar refractivity (Wildman–Crippen MR) is 67.9 cm³/mol. The molecular formula is C14H25NO2. The van der Waals surface area contributed by atoms with E-state index in [2.05, 4.69) is 25.7 Å². The number of aliphatic carboxylic acids is 1. The number of hydrogen-bond acceptors (Lipinski definition) is 2. The molecule has 0 heterocycles. The third kappa shape index (κ3) is 3.44. The first-order chi connectivity index (χ1) is 7.87. The minimum atomic E-state index is -0.673. The average molecular weight is 239 g/mol. The van der Waals surface area contributed by atoms with Gasteiger partial charge in [0, 0.05) is 12.1 Å². The van der Waals surface area contributed by atoms with Crippen molar-refractivity contribution in [1.82, 2.24) is 4.90 Å². The molecule has 2 atom stereocenters. The highest BCUT2D eigenvalue weighted by molar-refractivity contribution is 5.69. The Morgan fingerprint density at radius 2 is 1.94 bits per heavy atom. The average Bonchev–Trinajstić information content (AvgIpc) is 2.93. The van der Waals surface area contributed by atoms with E-state index in [-0.39, 0.29) is 6.54 Å². The molecule has 0 radical (unpaired) electrons. The lowest BCUT2D eigenvalue weighted by atomic mass is 9.70. The molecule has 2 unspecified atom stereocenters. The number of hydrogen-bond donors (Lipinski definition) is 1. The molecular weight excluding hydrogens is 214 g/mol. The fraction of sp³-hybridized carbons (Fsp3) is 0.929. The second kappa shape index (κ2) is 4.60. The van der Waals surface area contributed by atoms with Crippen molar-refractivity contribution in [2.75, 3.05) is 6.54 Å². The van der Waals surface area contributed by atoms with Gasteiger partial charge in [-0.15, -0.1) is 0 Å². The van der Waals surface area contributed by atoms with Gasteiger partial charge in [0.1, 0.15) is 0 Å². The zero-order valence-electron chi connectivity index (χ0n) is 11.3. The van der Waals surface area contributed by atoms with Crippen molar-refractivity contribution in [2.45, 2.75) is 65.0 Å². The molecule has 0 aliphatic heterocycles. The molecule has 3 nitrogen and oxygen atoms in total. The first-order valence-corrected chi connectivity index (χ1v) is 6.85. The summed E-state index contributed by atoms with van der Waals surface area (Å²) < 4.78 is 0. The van der Waals surface area contributed by atoms with Crippen molar-refractivity contribution in [2.24, 2.45) is 11.3 Å². The van der Waals surface area contributed by atoms with Gasteiger partial charge >= 0.3 is 5.97 Å². The fourth-order valence-corrected chi connectivity index (χ4v) is 3.67. The monoisotopic (exact) mass is 239 g/mol. The van der Waals surface area contributed by atoms with Crippen molar-refractivity contribution in [3.63, 3.8) is 0 Å². The predicted octanol–water partition coefficient (Wildman–Crippen LogP) is 2.75. The topological polar surface area (TPSA) is 40.5 Å². The lowest BCUT2D eigenvalue weighted by molar-refractivity contribution is -0.139. The number of rotatable bonds is 4. The Bertz CT molecular complexity index is 297. The quantitative estimate of drug-likeness (QED) is 0.820. The third-order valence-corrected chi connectivity index (χ3v) is 4.17. The summed E-state index contributed by atoms with van der Waals surface area (Å²) in [7, 11) is 0. The highest BCUT2D eigenvalue weighted by Gasteiger charge is 2.40. The van der Waals surface area contributed by atoms with Crippen LogP contribution in [0.2, 0.25) is 0 Å². The van der Waals surface area contributed by atoms with Crippen LogP contribution in [0.3, 0.4) is 0 Å². The van der Waals surface area contributed by atoms with Gasteiger partial charge in [-0.25, -0.2) is 0 Å².